The number of Topliss-reactive ketones (excluding diaryl/α,β-unsaturated/α-hetero) is 1. The zero-order chi connectivity index (χ0) is 14.0. The Morgan fingerprint density at radius 1 is 1.05 bits per heavy atom. The Bertz CT molecular complexity index is 641. The van der Waals surface area contributed by atoms with E-state index in [-0.39, 0.29) is 28.1 Å². The summed E-state index contributed by atoms with van der Waals surface area (Å²) in [6.07, 6.45) is 0.0843. The lowest BCUT2D eigenvalue weighted by Crippen LogP contribution is -2.05. The molecular formula is C14H8Br2F2O. The molecule has 0 aromatic heterocycles. The molecule has 2 aromatic carbocycles. The predicted molar refractivity (Wildman–Crippen MR) is 76.2 cm³/mol. The van der Waals surface area contributed by atoms with E-state index in [0.29, 0.717) is 10.0 Å². The molecule has 0 heterocycles. The minimum atomic E-state index is -0.480. The topological polar surface area (TPSA) is 17.1 Å². The molecule has 0 radical (unpaired) electrons. The summed E-state index contributed by atoms with van der Waals surface area (Å²) in [5.41, 5.74) is 0.940. The number of carbonyl (C=O) groups excluding carboxylic acids is 1. The van der Waals surface area contributed by atoms with Gasteiger partial charge in [0.25, 0.3) is 0 Å². The Balaban J connectivity index is 2.26. The lowest BCUT2D eigenvalue weighted by molar-refractivity contribution is 0.0991. The molecule has 0 bridgehead atoms. The van der Waals surface area contributed by atoms with Gasteiger partial charge < -0.3 is 0 Å². The molecule has 2 rings (SSSR count). The molecule has 0 saturated heterocycles. The van der Waals surface area contributed by atoms with Crippen LogP contribution in [-0.4, -0.2) is 5.78 Å². The maximum Gasteiger partial charge on any atom is 0.168 e. The highest BCUT2D eigenvalue weighted by Gasteiger charge is 2.14. The van der Waals surface area contributed by atoms with E-state index in [0.717, 1.165) is 0 Å². The van der Waals surface area contributed by atoms with Crippen LogP contribution in [0.1, 0.15) is 15.9 Å². The van der Waals surface area contributed by atoms with Crippen molar-refractivity contribution in [2.45, 2.75) is 6.42 Å². The van der Waals surface area contributed by atoms with Crippen LogP contribution in [0.15, 0.2) is 45.3 Å². The molecule has 0 aliphatic heterocycles. The molecule has 0 amide bonds. The standard InChI is InChI=1S/C14H8Br2F2O/c15-10-6-8(4-5-11(10)17)7-13(19)9-2-1-3-12(18)14(9)16/h1-6H,7H2. The van der Waals surface area contributed by atoms with Gasteiger partial charge >= 0.3 is 0 Å². The number of carbonyl (C=O) groups is 1. The lowest BCUT2D eigenvalue weighted by Gasteiger charge is -2.05. The molecule has 5 heteroatoms. The molecule has 0 fully saturated rings. The highest BCUT2D eigenvalue weighted by molar-refractivity contribution is 9.10. The third-order valence-electron chi connectivity index (χ3n) is 2.60. The second kappa shape index (κ2) is 5.92. The van der Waals surface area contributed by atoms with E-state index in [4.69, 9.17) is 0 Å². The summed E-state index contributed by atoms with van der Waals surface area (Å²) in [5, 5.41) is 0. The van der Waals surface area contributed by atoms with Crippen molar-refractivity contribution in [2.75, 3.05) is 0 Å². The van der Waals surface area contributed by atoms with Gasteiger partial charge in [0.2, 0.25) is 0 Å². The van der Waals surface area contributed by atoms with Crippen LogP contribution in [-0.2, 0) is 6.42 Å². The molecule has 0 aliphatic rings. The highest BCUT2D eigenvalue weighted by Crippen LogP contribution is 2.23. The van der Waals surface area contributed by atoms with Crippen molar-refractivity contribution in [3.8, 4) is 0 Å². The number of hydrogen-bond donors (Lipinski definition) is 0. The van der Waals surface area contributed by atoms with Gasteiger partial charge in [-0.05, 0) is 55.6 Å². The third kappa shape index (κ3) is 3.28. The number of benzene rings is 2. The average molecular weight is 390 g/mol. The zero-order valence-corrected chi connectivity index (χ0v) is 12.8. The molecule has 0 aliphatic carbocycles. The first-order valence-corrected chi connectivity index (χ1v) is 6.99. The Morgan fingerprint density at radius 2 is 1.79 bits per heavy atom. The van der Waals surface area contributed by atoms with Crippen molar-refractivity contribution in [3.05, 3.63) is 68.1 Å². The van der Waals surface area contributed by atoms with Gasteiger partial charge in [-0.3, -0.25) is 4.79 Å². The zero-order valence-electron chi connectivity index (χ0n) is 9.59. The monoisotopic (exact) mass is 388 g/mol. The van der Waals surface area contributed by atoms with E-state index < -0.39 is 5.82 Å². The summed E-state index contributed by atoms with van der Waals surface area (Å²) in [4.78, 5) is 12.1. The van der Waals surface area contributed by atoms with Gasteiger partial charge in [-0.15, -0.1) is 0 Å². The van der Waals surface area contributed by atoms with Crippen LogP contribution in [0, 0.1) is 11.6 Å². The number of rotatable bonds is 3. The Labute approximate surface area is 125 Å². The highest BCUT2D eigenvalue weighted by atomic mass is 79.9. The molecule has 98 valence electrons. The van der Waals surface area contributed by atoms with Crippen LogP contribution in [0.5, 0.6) is 0 Å². The summed E-state index contributed by atoms with van der Waals surface area (Å²) in [6.45, 7) is 0. The second-order valence-electron chi connectivity index (χ2n) is 3.95. The van der Waals surface area contributed by atoms with Crippen molar-refractivity contribution >= 4 is 37.6 Å². The Morgan fingerprint density at radius 3 is 2.47 bits per heavy atom. The summed E-state index contributed by atoms with van der Waals surface area (Å²) in [5.74, 6) is -1.10. The summed E-state index contributed by atoms with van der Waals surface area (Å²) in [6, 6.07) is 8.66. The predicted octanol–water partition coefficient (Wildman–Crippen LogP) is 4.92. The first kappa shape index (κ1) is 14.3. The smallest absolute Gasteiger partial charge is 0.168 e. The lowest BCUT2D eigenvalue weighted by atomic mass is 10.0. The summed E-state index contributed by atoms with van der Waals surface area (Å²) >= 11 is 6.12. The van der Waals surface area contributed by atoms with Crippen LogP contribution in [0.4, 0.5) is 8.78 Å². The van der Waals surface area contributed by atoms with Crippen molar-refractivity contribution in [2.24, 2.45) is 0 Å². The maximum absolute atomic E-state index is 13.3. The largest absolute Gasteiger partial charge is 0.294 e. The van der Waals surface area contributed by atoms with E-state index in [9.17, 15) is 13.6 Å². The van der Waals surface area contributed by atoms with Gasteiger partial charge in [-0.2, -0.15) is 0 Å². The number of hydrogen-bond acceptors (Lipinski definition) is 1. The SMILES string of the molecule is O=C(Cc1ccc(F)c(Br)c1)c1cccc(F)c1Br. The Kier molecular flexibility index (Phi) is 4.47. The van der Waals surface area contributed by atoms with Gasteiger partial charge in [0, 0.05) is 12.0 Å². The van der Waals surface area contributed by atoms with E-state index >= 15 is 0 Å². The van der Waals surface area contributed by atoms with Gasteiger partial charge in [-0.1, -0.05) is 18.2 Å². The quantitative estimate of drug-likeness (QED) is 0.681. The van der Waals surface area contributed by atoms with Gasteiger partial charge in [-0.25, -0.2) is 8.78 Å². The first-order valence-electron chi connectivity index (χ1n) is 5.40. The van der Waals surface area contributed by atoms with E-state index in [1.165, 1.54) is 24.3 Å². The van der Waals surface area contributed by atoms with E-state index in [2.05, 4.69) is 31.9 Å². The fraction of sp³-hybridized carbons (Fsp3) is 0.0714. The van der Waals surface area contributed by atoms with Crippen LogP contribution < -0.4 is 0 Å². The van der Waals surface area contributed by atoms with Crippen LogP contribution >= 0.6 is 31.9 Å². The van der Waals surface area contributed by atoms with Gasteiger partial charge in [0.15, 0.2) is 5.78 Å². The van der Waals surface area contributed by atoms with Crippen molar-refractivity contribution in [3.63, 3.8) is 0 Å². The van der Waals surface area contributed by atoms with Crippen LogP contribution in [0.25, 0.3) is 0 Å². The Hall–Kier alpha value is -1.07. The van der Waals surface area contributed by atoms with Crippen molar-refractivity contribution in [1.82, 2.24) is 0 Å². The molecule has 0 atom stereocenters. The summed E-state index contributed by atoms with van der Waals surface area (Å²) < 4.78 is 26.9. The van der Waals surface area contributed by atoms with Crippen molar-refractivity contribution < 1.29 is 13.6 Å². The molecule has 0 unspecified atom stereocenters. The molecule has 0 N–H and O–H groups in total. The van der Waals surface area contributed by atoms with Crippen LogP contribution in [0.2, 0.25) is 0 Å². The summed E-state index contributed by atoms with van der Waals surface area (Å²) in [7, 11) is 0. The first-order chi connectivity index (χ1) is 8.99. The van der Waals surface area contributed by atoms with Crippen LogP contribution in [0.3, 0.4) is 0 Å². The molecule has 1 nitrogen and oxygen atoms in total. The second-order valence-corrected chi connectivity index (χ2v) is 5.60. The molecular weight excluding hydrogens is 382 g/mol. The van der Waals surface area contributed by atoms with Gasteiger partial charge in [0.1, 0.15) is 11.6 Å². The fourth-order valence-electron chi connectivity index (χ4n) is 1.65. The molecule has 0 spiro atoms. The number of halogens is 4. The fourth-order valence-corrected chi connectivity index (χ4v) is 2.56. The van der Waals surface area contributed by atoms with E-state index in [1.54, 1.807) is 12.1 Å². The normalized spacial score (nSPS) is 10.5. The number of ketones is 1. The average Bonchev–Trinajstić information content (AvgIpc) is 2.37. The maximum atomic E-state index is 13.3. The third-order valence-corrected chi connectivity index (χ3v) is 4.01. The van der Waals surface area contributed by atoms with Crippen molar-refractivity contribution in [1.29, 1.82) is 0 Å². The molecule has 2 aromatic rings. The molecule has 19 heavy (non-hydrogen) atoms. The minimum Gasteiger partial charge on any atom is -0.294 e. The van der Waals surface area contributed by atoms with E-state index in [1.807, 2.05) is 0 Å². The molecule has 0 saturated carbocycles. The minimum absolute atomic E-state index is 0.0843. The van der Waals surface area contributed by atoms with Gasteiger partial charge in [0.05, 0.1) is 8.95 Å².